The molecular weight excluding hydrogens is 709 g/mol. The number of carbonyl (C=O) groups excluding carboxylic acids is 3. The molecule has 6 nitrogen and oxygen atoms in total. The van der Waals surface area contributed by atoms with Crippen LogP contribution in [-0.2, 0) is 28.6 Å². The zero-order valence-corrected chi connectivity index (χ0v) is 37.1. The molecule has 0 heterocycles. The summed E-state index contributed by atoms with van der Waals surface area (Å²) in [4.78, 5) is 37.6. The number of allylic oxidation sites excluding steroid dienone is 11. The topological polar surface area (TPSA) is 78.9 Å². The highest BCUT2D eigenvalue weighted by Crippen LogP contribution is 2.14. The van der Waals surface area contributed by atoms with E-state index < -0.39 is 12.1 Å². The number of ether oxygens (including phenoxy) is 3. The summed E-state index contributed by atoms with van der Waals surface area (Å²) in [7, 11) is 0. The third kappa shape index (κ3) is 43.8. The minimum atomic E-state index is -0.815. The fraction of sp³-hybridized carbons (Fsp3) is 0.706. The van der Waals surface area contributed by atoms with Crippen LogP contribution in [0.1, 0.15) is 213 Å². The van der Waals surface area contributed by atoms with Gasteiger partial charge in [-0.2, -0.15) is 0 Å². The van der Waals surface area contributed by atoms with E-state index in [1.807, 2.05) is 6.08 Å². The Labute approximate surface area is 351 Å². The third-order valence-electron chi connectivity index (χ3n) is 9.79. The molecule has 0 aliphatic carbocycles. The molecule has 0 saturated heterocycles. The molecule has 1 atom stereocenters. The predicted molar refractivity (Wildman–Crippen MR) is 242 cm³/mol. The summed E-state index contributed by atoms with van der Waals surface area (Å²) >= 11 is 0. The molecule has 0 fully saturated rings. The molecule has 0 saturated carbocycles. The Balaban J connectivity index is 4.42. The van der Waals surface area contributed by atoms with Crippen molar-refractivity contribution in [3.05, 3.63) is 72.9 Å². The maximum Gasteiger partial charge on any atom is 0.309 e. The molecule has 0 aliphatic heterocycles. The van der Waals surface area contributed by atoms with Gasteiger partial charge in [-0.15, -0.1) is 0 Å². The van der Waals surface area contributed by atoms with Gasteiger partial charge in [0.15, 0.2) is 6.10 Å². The Bertz CT molecular complexity index is 1100. The van der Waals surface area contributed by atoms with Gasteiger partial charge in [0, 0.05) is 12.8 Å². The Hall–Kier alpha value is -3.15. The van der Waals surface area contributed by atoms with Crippen LogP contribution in [0.3, 0.4) is 0 Å². The van der Waals surface area contributed by atoms with Crippen molar-refractivity contribution in [1.29, 1.82) is 0 Å². The van der Waals surface area contributed by atoms with Crippen molar-refractivity contribution in [2.45, 2.75) is 219 Å². The van der Waals surface area contributed by atoms with Crippen molar-refractivity contribution in [3.8, 4) is 0 Å². The molecule has 0 aromatic rings. The highest BCUT2D eigenvalue weighted by molar-refractivity contribution is 5.72. The third-order valence-corrected chi connectivity index (χ3v) is 9.79. The molecule has 0 spiro atoms. The first kappa shape index (κ1) is 53.9. The van der Waals surface area contributed by atoms with E-state index in [1.165, 1.54) is 89.9 Å². The van der Waals surface area contributed by atoms with Crippen molar-refractivity contribution >= 4 is 17.9 Å². The first-order valence-electron chi connectivity index (χ1n) is 23.5. The average molecular weight is 795 g/mol. The highest BCUT2D eigenvalue weighted by atomic mass is 16.6. The van der Waals surface area contributed by atoms with Crippen molar-refractivity contribution in [2.75, 3.05) is 13.2 Å². The smallest absolute Gasteiger partial charge is 0.309 e. The van der Waals surface area contributed by atoms with Crippen molar-refractivity contribution in [1.82, 2.24) is 0 Å². The number of hydrogen-bond donors (Lipinski definition) is 0. The summed E-state index contributed by atoms with van der Waals surface area (Å²) in [5.74, 6) is -1.06. The van der Waals surface area contributed by atoms with E-state index in [4.69, 9.17) is 14.2 Å². The lowest BCUT2D eigenvalue weighted by atomic mass is 10.0. The van der Waals surface area contributed by atoms with Gasteiger partial charge in [0.05, 0.1) is 6.42 Å². The molecule has 1 unspecified atom stereocenters. The predicted octanol–water partition coefficient (Wildman–Crippen LogP) is 15.1. The highest BCUT2D eigenvalue weighted by Gasteiger charge is 2.19. The van der Waals surface area contributed by atoms with Crippen LogP contribution in [0.25, 0.3) is 0 Å². The van der Waals surface area contributed by atoms with Crippen LogP contribution in [0.4, 0.5) is 0 Å². The molecular formula is C51H86O6. The van der Waals surface area contributed by atoms with E-state index in [2.05, 4.69) is 81.5 Å². The second-order valence-electron chi connectivity index (χ2n) is 15.4. The summed E-state index contributed by atoms with van der Waals surface area (Å²) in [5, 5.41) is 0. The lowest BCUT2D eigenvalue weighted by molar-refractivity contribution is -0.166. The largest absolute Gasteiger partial charge is 0.462 e. The standard InChI is InChI=1S/C51H86O6/c1-4-7-10-13-16-19-21-23-24-25-26-27-28-30-32-35-38-41-44-50(53)56-47-48(46-55-49(52)43-40-37-34-31-18-15-12-9-6-3)57-51(54)45-42-39-36-33-29-22-20-17-14-11-8-5-2/h9,12,18,21,23-27,31,37,40,48H,4-8,10-11,13-17,19-20,22,28-30,32-36,38-39,41-47H2,1-3H3/b12-9-,23-21-,25-24-,27-26-,31-18-,40-37-. The van der Waals surface area contributed by atoms with E-state index >= 15 is 0 Å². The molecule has 0 amide bonds. The lowest BCUT2D eigenvalue weighted by Gasteiger charge is -2.18. The van der Waals surface area contributed by atoms with Crippen molar-refractivity contribution in [3.63, 3.8) is 0 Å². The van der Waals surface area contributed by atoms with Crippen molar-refractivity contribution < 1.29 is 28.6 Å². The molecule has 0 N–H and O–H groups in total. The average Bonchev–Trinajstić information content (AvgIpc) is 3.21. The van der Waals surface area contributed by atoms with Crippen LogP contribution >= 0.6 is 0 Å². The second-order valence-corrected chi connectivity index (χ2v) is 15.4. The molecule has 0 rings (SSSR count). The molecule has 0 bridgehead atoms. The zero-order chi connectivity index (χ0) is 41.5. The number of unbranched alkanes of at least 4 members (excludes halogenated alkanes) is 21. The van der Waals surface area contributed by atoms with Gasteiger partial charge in [0.25, 0.3) is 0 Å². The summed E-state index contributed by atoms with van der Waals surface area (Å²) in [5.41, 5.74) is 0. The maximum absolute atomic E-state index is 12.7. The summed E-state index contributed by atoms with van der Waals surface area (Å²) in [6, 6.07) is 0. The lowest BCUT2D eigenvalue weighted by Crippen LogP contribution is -2.30. The number of hydrogen-bond acceptors (Lipinski definition) is 6. The molecule has 57 heavy (non-hydrogen) atoms. The van der Waals surface area contributed by atoms with Gasteiger partial charge in [-0.1, -0.05) is 209 Å². The fourth-order valence-corrected chi connectivity index (χ4v) is 6.27. The molecule has 0 aromatic heterocycles. The van der Waals surface area contributed by atoms with Gasteiger partial charge in [-0.3, -0.25) is 14.4 Å². The first-order valence-corrected chi connectivity index (χ1v) is 23.5. The minimum Gasteiger partial charge on any atom is -0.462 e. The van der Waals surface area contributed by atoms with E-state index in [9.17, 15) is 14.4 Å². The van der Waals surface area contributed by atoms with Gasteiger partial charge in [0.1, 0.15) is 13.2 Å². The van der Waals surface area contributed by atoms with E-state index in [1.54, 1.807) is 6.08 Å². The SMILES string of the molecule is CC/C=C\C/C=C\C/C=C\CC(=O)OCC(COC(=O)CCCCCCC\C=C/C=C\C=C/CCCCCCC)OC(=O)CCCCCCCCCCCCCC. The number of carbonyl (C=O) groups is 3. The quantitative estimate of drug-likeness (QED) is 0.0202. The Kier molecular flexibility index (Phi) is 43.0. The number of esters is 3. The Morgan fingerprint density at radius 3 is 1.30 bits per heavy atom. The van der Waals surface area contributed by atoms with Gasteiger partial charge in [0.2, 0.25) is 0 Å². The van der Waals surface area contributed by atoms with Crippen molar-refractivity contribution in [2.24, 2.45) is 0 Å². The zero-order valence-electron chi connectivity index (χ0n) is 37.1. The summed E-state index contributed by atoms with van der Waals surface area (Å²) in [6.07, 6.45) is 56.3. The maximum atomic E-state index is 12.7. The Morgan fingerprint density at radius 2 is 0.807 bits per heavy atom. The molecule has 0 aliphatic rings. The molecule has 0 radical (unpaired) electrons. The van der Waals surface area contributed by atoms with Gasteiger partial charge < -0.3 is 14.2 Å². The first-order chi connectivity index (χ1) is 28.0. The van der Waals surface area contributed by atoms with Crippen LogP contribution in [0.2, 0.25) is 0 Å². The summed E-state index contributed by atoms with van der Waals surface area (Å²) < 4.78 is 16.6. The molecule has 326 valence electrons. The molecule has 6 heteroatoms. The van der Waals surface area contributed by atoms with Gasteiger partial charge in [-0.25, -0.2) is 0 Å². The monoisotopic (exact) mass is 795 g/mol. The van der Waals surface area contributed by atoms with Crippen LogP contribution in [0.15, 0.2) is 72.9 Å². The molecule has 0 aromatic carbocycles. The fourth-order valence-electron chi connectivity index (χ4n) is 6.27. The van der Waals surface area contributed by atoms with Gasteiger partial charge >= 0.3 is 17.9 Å². The van der Waals surface area contributed by atoms with Crippen LogP contribution in [0.5, 0.6) is 0 Å². The Morgan fingerprint density at radius 1 is 0.404 bits per heavy atom. The van der Waals surface area contributed by atoms with Crippen LogP contribution in [-0.4, -0.2) is 37.2 Å². The number of rotatable bonds is 41. The second kappa shape index (κ2) is 45.6. The van der Waals surface area contributed by atoms with E-state index in [-0.39, 0.29) is 31.6 Å². The van der Waals surface area contributed by atoms with Crippen LogP contribution in [0, 0.1) is 0 Å². The van der Waals surface area contributed by atoms with Crippen LogP contribution < -0.4 is 0 Å². The minimum absolute atomic E-state index is 0.112. The van der Waals surface area contributed by atoms with Gasteiger partial charge in [-0.05, 0) is 57.8 Å². The van der Waals surface area contributed by atoms with E-state index in [0.717, 1.165) is 83.5 Å². The summed E-state index contributed by atoms with van der Waals surface area (Å²) in [6.45, 7) is 6.37. The normalized spacial score (nSPS) is 12.7. The van der Waals surface area contributed by atoms with E-state index in [0.29, 0.717) is 12.8 Å².